The second kappa shape index (κ2) is 9.52. The summed E-state index contributed by atoms with van der Waals surface area (Å²) in [6, 6.07) is 0. The smallest absolute Gasteiger partial charge is 0.221 e. The zero-order valence-electron chi connectivity index (χ0n) is 13.7. The van der Waals surface area contributed by atoms with Crippen molar-refractivity contribution in [3.63, 3.8) is 0 Å². The zero-order valence-corrected chi connectivity index (χ0v) is 13.7. The molecule has 1 rings (SSSR count). The van der Waals surface area contributed by atoms with Crippen LogP contribution in [0.5, 0.6) is 5.88 Å². The monoisotopic (exact) mass is 297 g/mol. The van der Waals surface area contributed by atoms with Gasteiger partial charge in [-0.2, -0.15) is 4.98 Å². The molecular weight excluding hydrogens is 270 g/mol. The zero-order chi connectivity index (χ0) is 15.7. The van der Waals surface area contributed by atoms with Crippen LogP contribution in [0.25, 0.3) is 0 Å². The Kier molecular flexibility index (Phi) is 8.00. The number of methoxy groups -OCH3 is 1. The van der Waals surface area contributed by atoms with Crippen molar-refractivity contribution in [3.8, 4) is 5.88 Å². The van der Waals surface area contributed by atoms with Gasteiger partial charge in [-0.3, -0.25) is 0 Å². The van der Waals surface area contributed by atoms with Crippen molar-refractivity contribution in [2.45, 2.75) is 33.6 Å². The first-order chi connectivity index (χ1) is 10.1. The molecule has 0 fully saturated rings. The highest BCUT2D eigenvalue weighted by Gasteiger charge is 2.13. The number of hydrogen-bond donors (Lipinski definition) is 1. The van der Waals surface area contributed by atoms with Crippen molar-refractivity contribution in [3.05, 3.63) is 11.4 Å². The third-order valence-electron chi connectivity index (χ3n) is 2.88. The number of hydrogen-bond acceptors (Lipinski definition) is 6. The van der Waals surface area contributed by atoms with E-state index in [-0.39, 0.29) is 5.92 Å². The van der Waals surface area contributed by atoms with E-state index in [4.69, 9.17) is 14.2 Å². The van der Waals surface area contributed by atoms with Crippen molar-refractivity contribution in [1.82, 2.24) is 9.97 Å². The van der Waals surface area contributed by atoms with Gasteiger partial charge in [-0.15, -0.1) is 0 Å². The van der Waals surface area contributed by atoms with Crippen LogP contribution in [-0.4, -0.2) is 50.1 Å². The summed E-state index contributed by atoms with van der Waals surface area (Å²) in [4.78, 5) is 9.04. The number of aromatic nitrogens is 2. The van der Waals surface area contributed by atoms with Crippen LogP contribution in [0, 0.1) is 6.92 Å². The topological polar surface area (TPSA) is 65.5 Å². The summed E-state index contributed by atoms with van der Waals surface area (Å²) in [6.45, 7) is 11.1. The summed E-state index contributed by atoms with van der Waals surface area (Å²) in [5.41, 5.74) is 0.929. The van der Waals surface area contributed by atoms with Gasteiger partial charge in [0, 0.05) is 19.6 Å². The number of anilines is 1. The molecule has 6 nitrogen and oxygen atoms in total. The van der Waals surface area contributed by atoms with Gasteiger partial charge in [-0.05, 0) is 13.8 Å². The lowest BCUT2D eigenvalue weighted by Gasteiger charge is -2.15. The lowest BCUT2D eigenvalue weighted by Crippen LogP contribution is -2.14. The van der Waals surface area contributed by atoms with Crippen molar-refractivity contribution in [2.24, 2.45) is 0 Å². The quantitative estimate of drug-likeness (QED) is 0.669. The third kappa shape index (κ3) is 5.85. The van der Waals surface area contributed by atoms with Gasteiger partial charge in [0.05, 0.1) is 25.4 Å². The molecule has 21 heavy (non-hydrogen) atoms. The fraction of sp³-hybridized carbons (Fsp3) is 0.733. The van der Waals surface area contributed by atoms with Crippen LogP contribution >= 0.6 is 0 Å². The molecule has 1 aromatic heterocycles. The average Bonchev–Trinajstić information content (AvgIpc) is 2.46. The number of rotatable bonds is 10. The Hall–Kier alpha value is -1.40. The van der Waals surface area contributed by atoms with Crippen LogP contribution in [0.3, 0.4) is 0 Å². The molecule has 0 aliphatic carbocycles. The normalized spacial score (nSPS) is 11.0. The number of ether oxygens (including phenoxy) is 3. The maximum Gasteiger partial charge on any atom is 0.221 e. The van der Waals surface area contributed by atoms with Gasteiger partial charge in [-0.1, -0.05) is 13.8 Å². The Balaban J connectivity index is 2.66. The molecule has 0 radical (unpaired) electrons. The lowest BCUT2D eigenvalue weighted by molar-refractivity contribution is 0.0535. The van der Waals surface area contributed by atoms with Gasteiger partial charge >= 0.3 is 0 Å². The second-order valence-corrected chi connectivity index (χ2v) is 5.00. The average molecular weight is 297 g/mol. The largest absolute Gasteiger partial charge is 0.475 e. The summed E-state index contributed by atoms with van der Waals surface area (Å²) in [5, 5.41) is 3.25. The summed E-state index contributed by atoms with van der Waals surface area (Å²) in [7, 11) is 1.65. The first-order valence-corrected chi connectivity index (χ1v) is 7.42. The molecule has 0 saturated carbocycles. The molecule has 1 heterocycles. The summed E-state index contributed by atoms with van der Waals surface area (Å²) in [6.07, 6.45) is 0. The van der Waals surface area contributed by atoms with Crippen molar-refractivity contribution < 1.29 is 14.2 Å². The fourth-order valence-electron chi connectivity index (χ4n) is 1.69. The van der Waals surface area contributed by atoms with Gasteiger partial charge in [0.1, 0.15) is 18.2 Å². The summed E-state index contributed by atoms with van der Waals surface area (Å²) in [5.74, 6) is 2.50. The molecule has 0 saturated heterocycles. The van der Waals surface area contributed by atoms with Gasteiger partial charge in [0.25, 0.3) is 0 Å². The number of nitrogens with zero attached hydrogens (tertiary/aromatic N) is 2. The first kappa shape index (κ1) is 17.7. The van der Waals surface area contributed by atoms with E-state index >= 15 is 0 Å². The Bertz CT molecular complexity index is 425. The minimum absolute atomic E-state index is 0.253. The molecule has 1 N–H and O–H groups in total. The predicted octanol–water partition coefficient (Wildman–Crippen LogP) is 2.38. The minimum atomic E-state index is 0.253. The second-order valence-electron chi connectivity index (χ2n) is 5.00. The minimum Gasteiger partial charge on any atom is -0.475 e. The molecule has 120 valence electrons. The van der Waals surface area contributed by atoms with Gasteiger partial charge in [0.15, 0.2) is 0 Å². The van der Waals surface area contributed by atoms with E-state index < -0.39 is 0 Å². The first-order valence-electron chi connectivity index (χ1n) is 7.42. The third-order valence-corrected chi connectivity index (χ3v) is 2.88. The predicted molar refractivity (Wildman–Crippen MR) is 83.2 cm³/mol. The van der Waals surface area contributed by atoms with Crippen LogP contribution in [0.2, 0.25) is 0 Å². The van der Waals surface area contributed by atoms with E-state index in [1.807, 2.05) is 13.8 Å². The molecule has 0 spiro atoms. The Morgan fingerprint density at radius 2 is 1.81 bits per heavy atom. The summed E-state index contributed by atoms with van der Waals surface area (Å²) >= 11 is 0. The van der Waals surface area contributed by atoms with Crippen molar-refractivity contribution >= 4 is 5.82 Å². The van der Waals surface area contributed by atoms with Gasteiger partial charge in [0.2, 0.25) is 5.88 Å². The van der Waals surface area contributed by atoms with E-state index in [1.165, 1.54) is 0 Å². The number of nitrogens with one attached hydrogen (secondary N) is 1. The molecule has 0 aromatic carbocycles. The van der Waals surface area contributed by atoms with Crippen LogP contribution < -0.4 is 10.1 Å². The van der Waals surface area contributed by atoms with Gasteiger partial charge < -0.3 is 19.5 Å². The van der Waals surface area contributed by atoms with Crippen LogP contribution in [0.4, 0.5) is 5.82 Å². The Morgan fingerprint density at radius 3 is 2.43 bits per heavy atom. The van der Waals surface area contributed by atoms with Crippen LogP contribution in [-0.2, 0) is 9.47 Å². The van der Waals surface area contributed by atoms with Crippen LogP contribution in [0.15, 0.2) is 0 Å². The highest BCUT2D eigenvalue weighted by atomic mass is 16.5. The Morgan fingerprint density at radius 1 is 1.10 bits per heavy atom. The molecule has 6 heteroatoms. The van der Waals surface area contributed by atoms with E-state index in [0.717, 1.165) is 23.8 Å². The van der Waals surface area contributed by atoms with Crippen molar-refractivity contribution in [2.75, 3.05) is 45.4 Å². The maximum atomic E-state index is 5.74. The molecule has 0 atom stereocenters. The fourth-order valence-corrected chi connectivity index (χ4v) is 1.69. The molecule has 0 amide bonds. The SMILES string of the molecule is CCNc1nc(C(C)C)nc(OCCOCCOC)c1C. The molecule has 0 bridgehead atoms. The lowest BCUT2D eigenvalue weighted by atomic mass is 10.2. The Labute approximate surface area is 127 Å². The molecule has 0 unspecified atom stereocenters. The van der Waals surface area contributed by atoms with E-state index in [0.29, 0.717) is 32.3 Å². The van der Waals surface area contributed by atoms with E-state index in [9.17, 15) is 0 Å². The highest BCUT2D eigenvalue weighted by Crippen LogP contribution is 2.24. The summed E-state index contributed by atoms with van der Waals surface area (Å²) < 4.78 is 16.0. The van der Waals surface area contributed by atoms with Crippen LogP contribution in [0.1, 0.15) is 38.1 Å². The molecule has 0 aliphatic heterocycles. The van der Waals surface area contributed by atoms with E-state index in [1.54, 1.807) is 7.11 Å². The maximum absolute atomic E-state index is 5.74. The molecule has 0 aliphatic rings. The van der Waals surface area contributed by atoms with Crippen molar-refractivity contribution in [1.29, 1.82) is 0 Å². The highest BCUT2D eigenvalue weighted by molar-refractivity contribution is 5.48. The standard InChI is InChI=1S/C15H27N3O3/c1-6-16-14-12(4)15(18-13(17-14)11(2)3)21-10-9-20-8-7-19-5/h11H,6-10H2,1-5H3,(H,16,17,18). The molecular formula is C15H27N3O3. The van der Waals surface area contributed by atoms with Gasteiger partial charge in [-0.25, -0.2) is 4.98 Å². The van der Waals surface area contributed by atoms with E-state index in [2.05, 4.69) is 29.1 Å². The molecule has 1 aromatic rings.